The molecule has 20 heavy (non-hydrogen) atoms. The van der Waals surface area contributed by atoms with Crippen molar-refractivity contribution in [1.29, 1.82) is 0 Å². The molecule has 0 saturated carbocycles. The molecule has 1 aromatic carbocycles. The molecule has 0 saturated heterocycles. The van der Waals surface area contributed by atoms with Crippen molar-refractivity contribution < 1.29 is 8.42 Å². The van der Waals surface area contributed by atoms with Crippen LogP contribution in [0.15, 0.2) is 46.3 Å². The van der Waals surface area contributed by atoms with Crippen LogP contribution in [0.2, 0.25) is 0 Å². The smallest absolute Gasteiger partial charge is 0.262 e. The molecule has 0 aliphatic carbocycles. The zero-order valence-electron chi connectivity index (χ0n) is 11.3. The standard InChI is InChI=1S/C13H16BrN3O2S/c1-3-17-9-13(15-10-17)20(18,19)16(2)8-11-6-4-5-7-12(11)14/h4-7,9-10H,3,8H2,1-2H3. The number of aryl methyl sites for hydroxylation is 1. The Hall–Kier alpha value is -1.18. The maximum Gasteiger partial charge on any atom is 0.262 e. The van der Waals surface area contributed by atoms with Crippen LogP contribution in [0, 0.1) is 0 Å². The van der Waals surface area contributed by atoms with E-state index >= 15 is 0 Å². The molecule has 1 aromatic heterocycles. The molecule has 0 spiro atoms. The SMILES string of the molecule is CCn1cnc(S(=O)(=O)N(C)Cc2ccccc2Br)c1. The largest absolute Gasteiger partial charge is 0.336 e. The zero-order valence-corrected chi connectivity index (χ0v) is 13.7. The summed E-state index contributed by atoms with van der Waals surface area (Å²) in [6.45, 7) is 2.92. The molecular weight excluding hydrogens is 342 g/mol. The number of halogens is 1. The fourth-order valence-electron chi connectivity index (χ4n) is 1.76. The Bertz CT molecular complexity index is 697. The van der Waals surface area contributed by atoms with Gasteiger partial charge in [0.25, 0.3) is 10.0 Å². The van der Waals surface area contributed by atoms with E-state index in [1.807, 2.05) is 31.2 Å². The Morgan fingerprint density at radius 2 is 2.05 bits per heavy atom. The van der Waals surface area contributed by atoms with Crippen LogP contribution in [0.1, 0.15) is 12.5 Å². The molecular formula is C13H16BrN3O2S. The van der Waals surface area contributed by atoms with Gasteiger partial charge in [0.15, 0.2) is 5.03 Å². The van der Waals surface area contributed by atoms with Crippen LogP contribution in [0.3, 0.4) is 0 Å². The van der Waals surface area contributed by atoms with E-state index in [9.17, 15) is 8.42 Å². The lowest BCUT2D eigenvalue weighted by molar-refractivity contribution is 0.463. The summed E-state index contributed by atoms with van der Waals surface area (Å²) in [6, 6.07) is 7.56. The van der Waals surface area contributed by atoms with E-state index in [4.69, 9.17) is 0 Å². The zero-order chi connectivity index (χ0) is 14.8. The van der Waals surface area contributed by atoms with E-state index in [-0.39, 0.29) is 5.03 Å². The van der Waals surface area contributed by atoms with Crippen molar-refractivity contribution in [3.05, 3.63) is 46.8 Å². The van der Waals surface area contributed by atoms with Crippen LogP contribution < -0.4 is 0 Å². The first-order chi connectivity index (χ1) is 9.45. The van der Waals surface area contributed by atoms with Gasteiger partial charge >= 0.3 is 0 Å². The first kappa shape index (κ1) is 15.2. The van der Waals surface area contributed by atoms with E-state index in [1.54, 1.807) is 17.8 Å². The van der Waals surface area contributed by atoms with E-state index in [0.29, 0.717) is 13.1 Å². The van der Waals surface area contributed by atoms with Crippen molar-refractivity contribution in [2.75, 3.05) is 7.05 Å². The van der Waals surface area contributed by atoms with Gasteiger partial charge in [-0.15, -0.1) is 0 Å². The third-order valence-corrected chi connectivity index (χ3v) is 5.46. The van der Waals surface area contributed by atoms with E-state index in [1.165, 1.54) is 10.6 Å². The number of benzene rings is 1. The lowest BCUT2D eigenvalue weighted by Crippen LogP contribution is -2.27. The highest BCUT2D eigenvalue weighted by molar-refractivity contribution is 9.10. The Kier molecular flexibility index (Phi) is 4.62. The molecule has 0 atom stereocenters. The minimum atomic E-state index is -3.56. The summed E-state index contributed by atoms with van der Waals surface area (Å²) in [6.07, 6.45) is 3.07. The second-order valence-electron chi connectivity index (χ2n) is 4.39. The first-order valence-electron chi connectivity index (χ1n) is 6.16. The summed E-state index contributed by atoms with van der Waals surface area (Å²) in [5.41, 5.74) is 0.911. The Morgan fingerprint density at radius 1 is 1.35 bits per heavy atom. The fourth-order valence-corrected chi connectivity index (χ4v) is 3.24. The molecule has 0 aliphatic heterocycles. The van der Waals surface area contributed by atoms with E-state index in [2.05, 4.69) is 20.9 Å². The maximum absolute atomic E-state index is 12.4. The van der Waals surface area contributed by atoms with Crippen LogP contribution in [0.25, 0.3) is 0 Å². The normalized spacial score (nSPS) is 12.0. The highest BCUT2D eigenvalue weighted by Gasteiger charge is 2.23. The van der Waals surface area contributed by atoms with Crippen LogP contribution in [-0.2, 0) is 23.1 Å². The Labute approximate surface area is 127 Å². The summed E-state index contributed by atoms with van der Waals surface area (Å²) >= 11 is 3.42. The second kappa shape index (κ2) is 6.07. The molecule has 0 aliphatic rings. The lowest BCUT2D eigenvalue weighted by Gasteiger charge is -2.16. The van der Waals surface area contributed by atoms with E-state index < -0.39 is 10.0 Å². The second-order valence-corrected chi connectivity index (χ2v) is 7.24. The number of rotatable bonds is 5. The number of sulfonamides is 1. The van der Waals surface area contributed by atoms with Gasteiger partial charge < -0.3 is 4.57 Å². The van der Waals surface area contributed by atoms with Crippen LogP contribution in [0.5, 0.6) is 0 Å². The van der Waals surface area contributed by atoms with Gasteiger partial charge in [-0.1, -0.05) is 34.1 Å². The first-order valence-corrected chi connectivity index (χ1v) is 8.40. The molecule has 7 heteroatoms. The van der Waals surface area contributed by atoms with Crippen molar-refractivity contribution in [2.45, 2.75) is 25.0 Å². The highest BCUT2D eigenvalue weighted by atomic mass is 79.9. The van der Waals surface area contributed by atoms with Crippen molar-refractivity contribution >= 4 is 26.0 Å². The highest BCUT2D eigenvalue weighted by Crippen LogP contribution is 2.20. The molecule has 2 aromatic rings. The average Bonchev–Trinajstić information content (AvgIpc) is 2.90. The number of hydrogen-bond acceptors (Lipinski definition) is 3. The minimum Gasteiger partial charge on any atom is -0.336 e. The van der Waals surface area contributed by atoms with Crippen molar-refractivity contribution in [1.82, 2.24) is 13.9 Å². The third-order valence-electron chi connectivity index (χ3n) is 3.00. The van der Waals surface area contributed by atoms with E-state index in [0.717, 1.165) is 10.0 Å². The summed E-state index contributed by atoms with van der Waals surface area (Å²) in [5.74, 6) is 0. The number of hydrogen-bond donors (Lipinski definition) is 0. The summed E-state index contributed by atoms with van der Waals surface area (Å²) in [4.78, 5) is 3.97. The third kappa shape index (κ3) is 3.11. The molecule has 0 fully saturated rings. The van der Waals surface area contributed by atoms with Gasteiger partial charge in [0.05, 0.1) is 6.33 Å². The summed E-state index contributed by atoms with van der Waals surface area (Å²) in [7, 11) is -2.01. The topological polar surface area (TPSA) is 55.2 Å². The van der Waals surface area contributed by atoms with Crippen molar-refractivity contribution in [2.24, 2.45) is 0 Å². The summed E-state index contributed by atoms with van der Waals surface area (Å²) < 4.78 is 28.7. The lowest BCUT2D eigenvalue weighted by atomic mass is 10.2. The average molecular weight is 358 g/mol. The molecule has 108 valence electrons. The van der Waals surface area contributed by atoms with Gasteiger partial charge in [0.1, 0.15) is 0 Å². The predicted octanol–water partition coefficient (Wildman–Crippen LogP) is 2.49. The van der Waals surface area contributed by atoms with Crippen molar-refractivity contribution in [3.63, 3.8) is 0 Å². The molecule has 0 amide bonds. The summed E-state index contributed by atoms with van der Waals surface area (Å²) in [5, 5.41) is 0.0777. The van der Waals surface area contributed by atoms with Gasteiger partial charge in [-0.3, -0.25) is 0 Å². The van der Waals surface area contributed by atoms with Gasteiger partial charge in [-0.25, -0.2) is 13.4 Å². The number of nitrogens with zero attached hydrogens (tertiary/aromatic N) is 3. The van der Waals surface area contributed by atoms with Gasteiger partial charge in [-0.05, 0) is 18.6 Å². The van der Waals surface area contributed by atoms with Gasteiger partial charge in [-0.2, -0.15) is 4.31 Å². The number of imidazole rings is 1. The van der Waals surface area contributed by atoms with Gasteiger partial charge in [0, 0.05) is 30.8 Å². The maximum atomic E-state index is 12.4. The molecule has 1 heterocycles. The number of aromatic nitrogens is 2. The molecule has 0 unspecified atom stereocenters. The molecule has 0 N–H and O–H groups in total. The Morgan fingerprint density at radius 3 is 2.65 bits per heavy atom. The molecule has 2 rings (SSSR count). The molecule has 5 nitrogen and oxygen atoms in total. The monoisotopic (exact) mass is 357 g/mol. The Balaban J connectivity index is 2.23. The quantitative estimate of drug-likeness (QED) is 0.825. The molecule has 0 radical (unpaired) electrons. The van der Waals surface area contributed by atoms with Crippen LogP contribution >= 0.6 is 15.9 Å². The van der Waals surface area contributed by atoms with Crippen LogP contribution in [-0.4, -0.2) is 29.3 Å². The minimum absolute atomic E-state index is 0.0777. The van der Waals surface area contributed by atoms with Gasteiger partial charge in [0.2, 0.25) is 0 Å². The fraction of sp³-hybridized carbons (Fsp3) is 0.308. The molecule has 0 bridgehead atoms. The van der Waals surface area contributed by atoms with Crippen molar-refractivity contribution in [3.8, 4) is 0 Å². The predicted molar refractivity (Wildman–Crippen MR) is 80.7 cm³/mol. The van der Waals surface area contributed by atoms with Crippen LogP contribution in [0.4, 0.5) is 0 Å².